The van der Waals surface area contributed by atoms with Crippen LogP contribution in [0.15, 0.2) is 47.3 Å². The van der Waals surface area contributed by atoms with Gasteiger partial charge in [-0.1, -0.05) is 59.1 Å². The number of hydrogen-bond acceptors (Lipinski definition) is 5. The smallest absolute Gasteiger partial charge is 0.271 e. The summed E-state index contributed by atoms with van der Waals surface area (Å²) < 4.78 is 1.67. The minimum atomic E-state index is -0.718. The van der Waals surface area contributed by atoms with Crippen molar-refractivity contribution in [3.8, 4) is 11.9 Å². The molecule has 2 aromatic carbocycles. The topological polar surface area (TPSA) is 83.1 Å². The first kappa shape index (κ1) is 22.4. The first-order valence-corrected chi connectivity index (χ1v) is 11.2. The van der Waals surface area contributed by atoms with Crippen LogP contribution in [0, 0.1) is 18.3 Å². The zero-order valence-corrected chi connectivity index (χ0v) is 19.5. The number of nitriles is 1. The highest BCUT2D eigenvalue weighted by atomic mass is 35.5. The summed E-state index contributed by atoms with van der Waals surface area (Å²) in [6, 6.07) is 13.8. The average molecular weight is 504 g/mol. The van der Waals surface area contributed by atoms with Crippen molar-refractivity contribution in [1.82, 2.24) is 4.57 Å². The molecule has 4 rings (SSSR count). The highest BCUT2D eigenvalue weighted by Crippen LogP contribution is 2.41. The van der Waals surface area contributed by atoms with E-state index in [0.717, 1.165) is 15.9 Å². The number of thiophene rings is 1. The Labute approximate surface area is 201 Å². The number of pyridine rings is 1. The first-order valence-electron chi connectivity index (χ1n) is 9.27. The van der Waals surface area contributed by atoms with Crippen LogP contribution in [0.25, 0.3) is 10.1 Å². The molecule has 2 heterocycles. The molecular formula is C23H13Cl3N2O3S. The molecule has 0 amide bonds. The first-order chi connectivity index (χ1) is 15.3. The van der Waals surface area contributed by atoms with Gasteiger partial charge in [-0.05, 0) is 36.2 Å². The summed E-state index contributed by atoms with van der Waals surface area (Å²) in [5, 5.41) is 22.1. The Morgan fingerprint density at radius 1 is 1.12 bits per heavy atom. The predicted molar refractivity (Wildman–Crippen MR) is 128 cm³/mol. The Kier molecular flexibility index (Phi) is 6.02. The van der Waals surface area contributed by atoms with Crippen LogP contribution >= 0.6 is 46.1 Å². The van der Waals surface area contributed by atoms with Crippen LogP contribution < -0.4 is 5.56 Å². The molecule has 1 N–H and O–H groups in total. The summed E-state index contributed by atoms with van der Waals surface area (Å²) in [6.45, 7) is 1.33. The third-order valence-electron chi connectivity index (χ3n) is 5.13. The van der Waals surface area contributed by atoms with E-state index < -0.39 is 17.2 Å². The second-order valence-corrected chi connectivity index (χ2v) is 9.22. The van der Waals surface area contributed by atoms with E-state index >= 15 is 0 Å². The normalized spacial score (nSPS) is 11.0. The highest BCUT2D eigenvalue weighted by molar-refractivity contribution is 7.22. The van der Waals surface area contributed by atoms with Crippen molar-refractivity contribution in [2.75, 3.05) is 0 Å². The van der Waals surface area contributed by atoms with Gasteiger partial charge in [0.05, 0.1) is 27.0 Å². The monoisotopic (exact) mass is 502 g/mol. The van der Waals surface area contributed by atoms with Crippen molar-refractivity contribution in [3.05, 3.63) is 95.0 Å². The summed E-state index contributed by atoms with van der Waals surface area (Å²) in [4.78, 5) is 26.6. The lowest BCUT2D eigenvalue weighted by Gasteiger charge is -2.16. The molecule has 4 aromatic rings. The molecule has 0 saturated heterocycles. The molecular weight excluding hydrogens is 491 g/mol. The van der Waals surface area contributed by atoms with Crippen molar-refractivity contribution in [2.24, 2.45) is 0 Å². The van der Waals surface area contributed by atoms with Crippen molar-refractivity contribution in [1.29, 1.82) is 5.26 Å². The zero-order chi connectivity index (χ0) is 23.2. The number of aromatic hydroxyl groups is 1. The van der Waals surface area contributed by atoms with Gasteiger partial charge in [-0.15, -0.1) is 11.3 Å². The molecule has 0 aliphatic carbocycles. The molecule has 0 aliphatic rings. The molecule has 5 nitrogen and oxygen atoms in total. The van der Waals surface area contributed by atoms with Crippen LogP contribution in [0.1, 0.15) is 31.9 Å². The fraction of sp³-hybridized carbons (Fsp3) is 0.0870. The fourth-order valence-corrected chi connectivity index (χ4v) is 5.59. The molecule has 0 saturated carbocycles. The van der Waals surface area contributed by atoms with Crippen LogP contribution in [0.2, 0.25) is 15.1 Å². The van der Waals surface area contributed by atoms with E-state index in [1.165, 1.54) is 6.92 Å². The molecule has 160 valence electrons. The molecule has 9 heteroatoms. The average Bonchev–Trinajstić information content (AvgIpc) is 3.10. The lowest BCUT2D eigenvalue weighted by Crippen LogP contribution is -2.27. The van der Waals surface area contributed by atoms with Gasteiger partial charge in [0, 0.05) is 15.1 Å². The number of halogens is 3. The second-order valence-electron chi connectivity index (χ2n) is 6.98. The third-order valence-corrected chi connectivity index (χ3v) is 7.45. The SMILES string of the molecule is Cc1c(C(=O)c2sc3cccc(Cl)c3c2Cl)c(O)n(Cc2ccccc2Cl)c(=O)c1C#N. The quantitative estimate of drug-likeness (QED) is 0.337. The highest BCUT2D eigenvalue weighted by Gasteiger charge is 2.28. The Morgan fingerprint density at radius 2 is 1.81 bits per heavy atom. The maximum Gasteiger partial charge on any atom is 0.271 e. The van der Waals surface area contributed by atoms with Crippen LogP contribution in [0.5, 0.6) is 5.88 Å². The summed E-state index contributed by atoms with van der Waals surface area (Å²) in [7, 11) is 0. The molecule has 0 atom stereocenters. The van der Waals surface area contributed by atoms with E-state index in [4.69, 9.17) is 34.8 Å². The molecule has 2 aromatic heterocycles. The number of rotatable bonds is 4. The van der Waals surface area contributed by atoms with E-state index in [9.17, 15) is 20.0 Å². The van der Waals surface area contributed by atoms with E-state index in [0.29, 0.717) is 25.7 Å². The van der Waals surface area contributed by atoms with Gasteiger partial charge >= 0.3 is 0 Å². The number of nitrogens with zero attached hydrogens (tertiary/aromatic N) is 2. The van der Waals surface area contributed by atoms with Gasteiger partial charge in [-0.2, -0.15) is 5.26 Å². The summed E-state index contributed by atoms with van der Waals surface area (Å²) >= 11 is 20.1. The molecule has 0 spiro atoms. The molecule has 0 aliphatic heterocycles. The van der Waals surface area contributed by atoms with Crippen molar-refractivity contribution in [3.63, 3.8) is 0 Å². The van der Waals surface area contributed by atoms with Crippen molar-refractivity contribution < 1.29 is 9.90 Å². The van der Waals surface area contributed by atoms with E-state index in [1.54, 1.807) is 42.5 Å². The number of aromatic nitrogens is 1. The molecule has 0 bridgehead atoms. The van der Waals surface area contributed by atoms with E-state index in [-0.39, 0.29) is 33.1 Å². The maximum absolute atomic E-state index is 13.5. The third kappa shape index (κ3) is 3.58. The predicted octanol–water partition coefficient (Wildman–Crippen LogP) is 6.19. The van der Waals surface area contributed by atoms with Gasteiger partial charge in [0.25, 0.3) is 5.56 Å². The number of benzene rings is 2. The van der Waals surface area contributed by atoms with Crippen LogP contribution in [-0.2, 0) is 6.54 Å². The molecule has 0 unspecified atom stereocenters. The molecule has 32 heavy (non-hydrogen) atoms. The Hall–Kier alpha value is -2.82. The summed E-state index contributed by atoms with van der Waals surface area (Å²) in [5.41, 5.74) is -0.505. The number of fused-ring (bicyclic) bond motifs is 1. The summed E-state index contributed by atoms with van der Waals surface area (Å²) in [5.74, 6) is -1.16. The van der Waals surface area contributed by atoms with Gasteiger partial charge < -0.3 is 5.11 Å². The lowest BCUT2D eigenvalue weighted by molar-refractivity contribution is 0.103. The largest absolute Gasteiger partial charge is 0.494 e. The fourth-order valence-electron chi connectivity index (χ4n) is 3.50. The van der Waals surface area contributed by atoms with Gasteiger partial charge in [0.2, 0.25) is 11.7 Å². The zero-order valence-electron chi connectivity index (χ0n) is 16.4. The number of hydrogen-bond donors (Lipinski definition) is 1. The van der Waals surface area contributed by atoms with Crippen LogP contribution in [0.3, 0.4) is 0 Å². The number of ketones is 1. The minimum absolute atomic E-state index is 0.0787. The Balaban J connectivity index is 1.95. The molecule has 0 fully saturated rings. The van der Waals surface area contributed by atoms with Gasteiger partial charge in [0.15, 0.2) is 0 Å². The second kappa shape index (κ2) is 8.61. The van der Waals surface area contributed by atoms with E-state index in [2.05, 4.69) is 0 Å². The minimum Gasteiger partial charge on any atom is -0.494 e. The van der Waals surface area contributed by atoms with Crippen LogP contribution in [0.4, 0.5) is 0 Å². The number of carbonyl (C=O) groups is 1. The molecule has 0 radical (unpaired) electrons. The van der Waals surface area contributed by atoms with E-state index in [1.807, 2.05) is 6.07 Å². The van der Waals surface area contributed by atoms with Crippen molar-refractivity contribution in [2.45, 2.75) is 13.5 Å². The van der Waals surface area contributed by atoms with Gasteiger partial charge in [0.1, 0.15) is 11.6 Å². The van der Waals surface area contributed by atoms with Crippen LogP contribution in [-0.4, -0.2) is 15.5 Å². The Morgan fingerprint density at radius 3 is 2.47 bits per heavy atom. The number of carbonyl (C=O) groups excluding carboxylic acids is 1. The standard InChI is InChI=1S/C23H13Cl3N2O3S/c1-11-13(9-27)22(30)28(10-12-5-2-3-6-14(12)24)23(31)17(11)20(29)21-19(26)18-15(25)7-4-8-16(18)32-21/h2-8,31H,10H2,1H3. The van der Waals surface area contributed by atoms with Crippen molar-refractivity contribution >= 4 is 62.0 Å². The summed E-state index contributed by atoms with van der Waals surface area (Å²) in [6.07, 6.45) is 0. The Bertz CT molecular complexity index is 1520. The van der Waals surface area contributed by atoms with Gasteiger partial charge in [-0.25, -0.2) is 0 Å². The lowest BCUT2D eigenvalue weighted by atomic mass is 10.0. The van der Waals surface area contributed by atoms with Gasteiger partial charge in [-0.3, -0.25) is 14.2 Å². The maximum atomic E-state index is 13.5.